The second-order valence-electron chi connectivity index (χ2n) is 12.8. The third kappa shape index (κ3) is 8.62. The van der Waals surface area contributed by atoms with Gasteiger partial charge < -0.3 is 23.7 Å². The summed E-state index contributed by atoms with van der Waals surface area (Å²) in [6, 6.07) is 23.7. The van der Waals surface area contributed by atoms with Gasteiger partial charge in [0, 0.05) is 24.3 Å². The molecule has 256 valence electrons. The molecule has 1 fully saturated rings. The van der Waals surface area contributed by atoms with Crippen molar-refractivity contribution in [1.29, 1.82) is 0 Å². The number of rotatable bonds is 12. The molecule has 5 rings (SSSR count). The fraction of sp³-hybridized carbons (Fsp3) is 0.366. The number of aldehydes is 1. The van der Waals surface area contributed by atoms with Gasteiger partial charge in [-0.15, -0.1) is 0 Å². The molecule has 3 aromatic rings. The lowest BCUT2D eigenvalue weighted by atomic mass is 9.88. The number of aryl methyl sites for hydroxylation is 1. The molecule has 8 heteroatoms. The molecule has 0 radical (unpaired) electrons. The molecule has 3 aromatic carbocycles. The third-order valence-electron chi connectivity index (χ3n) is 9.15. The van der Waals surface area contributed by atoms with Gasteiger partial charge >= 0.3 is 11.9 Å². The maximum absolute atomic E-state index is 13.5. The van der Waals surface area contributed by atoms with E-state index in [2.05, 4.69) is 32.9 Å². The fourth-order valence-corrected chi connectivity index (χ4v) is 6.33. The fourth-order valence-electron chi connectivity index (χ4n) is 6.33. The zero-order valence-electron chi connectivity index (χ0n) is 28.8. The highest BCUT2D eigenvalue weighted by molar-refractivity contribution is 5.97. The van der Waals surface area contributed by atoms with Crippen molar-refractivity contribution in [2.45, 2.75) is 78.5 Å². The van der Waals surface area contributed by atoms with Crippen LogP contribution in [-0.4, -0.2) is 55.3 Å². The van der Waals surface area contributed by atoms with Crippen LogP contribution in [-0.2, 0) is 30.2 Å². The van der Waals surface area contributed by atoms with Gasteiger partial charge in [-0.1, -0.05) is 94.4 Å². The average molecular weight is 664 g/mol. The Labute approximate surface area is 288 Å². The number of hydrogen-bond acceptors (Lipinski definition) is 8. The standard InChI is InChI=1S/C41H45NO7/c1-6-35-28(5)36(47-39(44)30-16-9-7-10-17-30)37(48-40(45)31-18-11-8-12-19-31)41(46-35)49-38-33(34(25-42-38)26(2)3)24-32-21-20-29(23-27(32)4)15-13-14-22-43/h7-13,15-23,26,28,35-37,41H,6,14,24-25H2,1-5H3/b15-13+/t28-,35-,36+,37-,41+/m1/s1. The smallest absolute Gasteiger partial charge is 0.338 e. The maximum atomic E-state index is 13.5. The molecule has 0 aromatic heterocycles. The topological polar surface area (TPSA) is 100 Å². The van der Waals surface area contributed by atoms with E-state index in [0.29, 0.717) is 42.8 Å². The van der Waals surface area contributed by atoms with Crippen LogP contribution < -0.4 is 0 Å². The van der Waals surface area contributed by atoms with Gasteiger partial charge in [0.25, 0.3) is 0 Å². The molecular weight excluding hydrogens is 618 g/mol. The van der Waals surface area contributed by atoms with Gasteiger partial charge in [-0.2, -0.15) is 0 Å². The number of nitrogens with zero attached hydrogens (tertiary/aromatic N) is 1. The molecular formula is C41H45NO7. The second kappa shape index (κ2) is 16.5. The molecule has 2 aliphatic heterocycles. The zero-order chi connectivity index (χ0) is 34.9. The Morgan fingerprint density at radius 3 is 2.14 bits per heavy atom. The van der Waals surface area contributed by atoms with Gasteiger partial charge in [0.05, 0.1) is 23.8 Å². The van der Waals surface area contributed by atoms with E-state index in [0.717, 1.165) is 34.1 Å². The van der Waals surface area contributed by atoms with E-state index in [1.807, 2.05) is 44.2 Å². The van der Waals surface area contributed by atoms with Crippen LogP contribution in [0.5, 0.6) is 0 Å². The number of ether oxygens (including phenoxy) is 4. The van der Waals surface area contributed by atoms with Crippen molar-refractivity contribution < 1.29 is 33.3 Å². The molecule has 0 unspecified atom stereocenters. The van der Waals surface area contributed by atoms with Gasteiger partial charge in [0.2, 0.25) is 18.3 Å². The molecule has 0 aliphatic carbocycles. The monoisotopic (exact) mass is 663 g/mol. The normalized spacial score (nSPS) is 22.2. The summed E-state index contributed by atoms with van der Waals surface area (Å²) in [6.07, 6.45) is 2.87. The number of hydrogen-bond donors (Lipinski definition) is 0. The molecule has 0 saturated carbocycles. The number of benzene rings is 3. The Morgan fingerprint density at radius 1 is 0.939 bits per heavy atom. The maximum Gasteiger partial charge on any atom is 0.338 e. The van der Waals surface area contributed by atoms with E-state index in [-0.39, 0.29) is 17.9 Å². The minimum atomic E-state index is -1.09. The Hall–Kier alpha value is -4.82. The van der Waals surface area contributed by atoms with Crippen molar-refractivity contribution in [3.63, 3.8) is 0 Å². The molecule has 8 nitrogen and oxygen atoms in total. The summed E-state index contributed by atoms with van der Waals surface area (Å²) in [4.78, 5) is 42.5. The summed E-state index contributed by atoms with van der Waals surface area (Å²) in [5.41, 5.74) is 6.12. The van der Waals surface area contributed by atoms with Crippen molar-refractivity contribution >= 4 is 30.2 Å². The van der Waals surface area contributed by atoms with Crippen molar-refractivity contribution in [2.75, 3.05) is 6.54 Å². The van der Waals surface area contributed by atoms with E-state index >= 15 is 0 Å². The van der Waals surface area contributed by atoms with E-state index in [4.69, 9.17) is 23.9 Å². The largest absolute Gasteiger partial charge is 0.454 e. The molecule has 2 heterocycles. The quantitative estimate of drug-likeness (QED) is 0.144. The van der Waals surface area contributed by atoms with Crippen LogP contribution >= 0.6 is 0 Å². The molecule has 0 bridgehead atoms. The summed E-state index contributed by atoms with van der Waals surface area (Å²) in [5, 5.41) is 0. The van der Waals surface area contributed by atoms with Crippen molar-refractivity contribution in [1.82, 2.24) is 0 Å². The third-order valence-corrected chi connectivity index (χ3v) is 9.15. The summed E-state index contributed by atoms with van der Waals surface area (Å²) < 4.78 is 25.5. The van der Waals surface area contributed by atoms with Crippen LogP contribution in [0.15, 0.2) is 101 Å². The molecule has 2 aliphatic rings. The first kappa shape index (κ1) is 35.5. The van der Waals surface area contributed by atoms with Crippen molar-refractivity contribution in [3.05, 3.63) is 124 Å². The highest BCUT2D eigenvalue weighted by atomic mass is 16.7. The Balaban J connectivity index is 1.47. The number of allylic oxidation sites excluding steroid dienone is 1. The van der Waals surface area contributed by atoms with E-state index < -0.39 is 30.4 Å². The Morgan fingerprint density at radius 2 is 1.57 bits per heavy atom. The number of aliphatic imine (C=N–C) groups is 1. The molecule has 49 heavy (non-hydrogen) atoms. The summed E-state index contributed by atoms with van der Waals surface area (Å²) in [6.45, 7) is 10.8. The van der Waals surface area contributed by atoms with Gasteiger partial charge in [-0.25, -0.2) is 14.6 Å². The minimum Gasteiger partial charge on any atom is -0.454 e. The molecule has 5 atom stereocenters. The lowest BCUT2D eigenvalue weighted by molar-refractivity contribution is -0.258. The predicted octanol–water partition coefficient (Wildman–Crippen LogP) is 7.74. The van der Waals surface area contributed by atoms with Crippen LogP contribution in [0.3, 0.4) is 0 Å². The van der Waals surface area contributed by atoms with Crippen LogP contribution in [0.2, 0.25) is 0 Å². The number of carbonyl (C=O) groups excluding carboxylic acids is 3. The van der Waals surface area contributed by atoms with E-state index in [9.17, 15) is 14.4 Å². The van der Waals surface area contributed by atoms with Crippen LogP contribution in [0.1, 0.15) is 77.9 Å². The first-order chi connectivity index (χ1) is 23.7. The van der Waals surface area contributed by atoms with Crippen molar-refractivity contribution in [2.24, 2.45) is 16.8 Å². The first-order valence-electron chi connectivity index (χ1n) is 17.0. The second-order valence-corrected chi connectivity index (χ2v) is 12.8. The van der Waals surface area contributed by atoms with Gasteiger partial charge in [0.15, 0.2) is 6.10 Å². The predicted molar refractivity (Wildman–Crippen MR) is 189 cm³/mol. The molecule has 0 amide bonds. The summed E-state index contributed by atoms with van der Waals surface area (Å²) >= 11 is 0. The van der Waals surface area contributed by atoms with Gasteiger partial charge in [0.1, 0.15) is 6.29 Å². The lowest BCUT2D eigenvalue weighted by Gasteiger charge is -2.44. The Bertz CT molecular complexity index is 1710. The zero-order valence-corrected chi connectivity index (χ0v) is 28.8. The van der Waals surface area contributed by atoms with E-state index in [1.54, 1.807) is 48.5 Å². The van der Waals surface area contributed by atoms with Crippen LogP contribution in [0.4, 0.5) is 0 Å². The van der Waals surface area contributed by atoms with Crippen molar-refractivity contribution in [3.8, 4) is 0 Å². The van der Waals surface area contributed by atoms with Gasteiger partial charge in [-0.3, -0.25) is 0 Å². The first-order valence-corrected chi connectivity index (χ1v) is 17.0. The van der Waals surface area contributed by atoms with Crippen LogP contribution in [0, 0.1) is 18.8 Å². The highest BCUT2D eigenvalue weighted by Crippen LogP contribution is 2.36. The van der Waals surface area contributed by atoms with Crippen LogP contribution in [0.25, 0.3) is 6.08 Å². The minimum absolute atomic E-state index is 0.215. The van der Waals surface area contributed by atoms with E-state index in [1.165, 1.54) is 0 Å². The Kier molecular flexibility index (Phi) is 12.0. The molecule has 1 saturated heterocycles. The summed E-state index contributed by atoms with van der Waals surface area (Å²) in [7, 11) is 0. The molecule has 0 N–H and O–H groups in total. The SMILES string of the molecule is CC[C@H]1O[C@@H](OC2=NCC(C(C)C)=C2Cc2ccc(/C=C/CC=O)cc2C)[C@H](OC(=O)c2ccccc2)[C@@H](OC(=O)c2ccccc2)[C@@H]1C. The highest BCUT2D eigenvalue weighted by Gasteiger charge is 2.50. The molecule has 0 spiro atoms. The average Bonchev–Trinajstić information content (AvgIpc) is 3.51. The summed E-state index contributed by atoms with van der Waals surface area (Å²) in [5.74, 6) is -0.751. The number of esters is 2. The number of carbonyl (C=O) groups is 3. The lowest BCUT2D eigenvalue weighted by Crippen LogP contribution is -2.57. The van der Waals surface area contributed by atoms with Gasteiger partial charge in [-0.05, 0) is 65.8 Å².